The van der Waals surface area contributed by atoms with E-state index < -0.39 is 0 Å². The first-order valence-corrected chi connectivity index (χ1v) is 9.62. The summed E-state index contributed by atoms with van der Waals surface area (Å²) in [5.41, 5.74) is 9.50. The van der Waals surface area contributed by atoms with Crippen LogP contribution < -0.4 is 11.1 Å². The van der Waals surface area contributed by atoms with Gasteiger partial charge in [-0.2, -0.15) is 0 Å². The summed E-state index contributed by atoms with van der Waals surface area (Å²) in [5, 5.41) is 2.91. The number of carbonyl (C=O) groups is 2. The maximum absolute atomic E-state index is 12.1. The predicted octanol–water partition coefficient (Wildman–Crippen LogP) is 3.40. The van der Waals surface area contributed by atoms with Gasteiger partial charge in [-0.25, -0.2) is 0 Å². The molecule has 2 aromatic rings. The third kappa shape index (κ3) is 5.58. The lowest BCUT2D eigenvalue weighted by Gasteiger charge is -2.15. The zero-order valence-electron chi connectivity index (χ0n) is 15.6. The quantitative estimate of drug-likeness (QED) is 0.739. The van der Waals surface area contributed by atoms with Crippen molar-refractivity contribution in [3.63, 3.8) is 0 Å². The van der Waals surface area contributed by atoms with Gasteiger partial charge < -0.3 is 16.0 Å². The smallest absolute Gasteiger partial charge is 0.224 e. The van der Waals surface area contributed by atoms with Crippen LogP contribution in [0.2, 0.25) is 0 Å². The second-order valence-corrected chi connectivity index (χ2v) is 7.03. The zero-order chi connectivity index (χ0) is 19.1. The van der Waals surface area contributed by atoms with E-state index in [1.807, 2.05) is 53.4 Å². The summed E-state index contributed by atoms with van der Waals surface area (Å²) >= 11 is 0. The first-order valence-electron chi connectivity index (χ1n) is 9.62. The molecule has 1 saturated heterocycles. The van der Waals surface area contributed by atoms with E-state index in [0.717, 1.165) is 54.9 Å². The van der Waals surface area contributed by atoms with Crippen LogP contribution in [0.5, 0.6) is 0 Å². The highest BCUT2D eigenvalue weighted by Crippen LogP contribution is 2.16. The maximum atomic E-state index is 12.1. The summed E-state index contributed by atoms with van der Waals surface area (Å²) in [6.45, 7) is 1.80. The van der Waals surface area contributed by atoms with Gasteiger partial charge in [-0.15, -0.1) is 0 Å². The fraction of sp³-hybridized carbons (Fsp3) is 0.364. The Bertz CT molecular complexity index is 780. The summed E-state index contributed by atoms with van der Waals surface area (Å²) in [7, 11) is 0. The fourth-order valence-electron chi connectivity index (χ4n) is 3.36. The molecule has 0 spiro atoms. The van der Waals surface area contributed by atoms with Crippen LogP contribution in [-0.4, -0.2) is 29.8 Å². The Hall–Kier alpha value is -2.82. The normalized spacial score (nSPS) is 13.6. The number of amides is 2. The Morgan fingerprint density at radius 3 is 2.33 bits per heavy atom. The number of anilines is 2. The zero-order valence-corrected chi connectivity index (χ0v) is 15.6. The van der Waals surface area contributed by atoms with Gasteiger partial charge in [0.05, 0.1) is 0 Å². The first-order chi connectivity index (χ1) is 13.1. The van der Waals surface area contributed by atoms with Crippen LogP contribution in [0.15, 0.2) is 48.5 Å². The minimum atomic E-state index is -0.0322. The molecule has 142 valence electrons. The van der Waals surface area contributed by atoms with Crippen molar-refractivity contribution in [2.24, 2.45) is 0 Å². The number of hydrogen-bond acceptors (Lipinski definition) is 3. The summed E-state index contributed by atoms with van der Waals surface area (Å²) < 4.78 is 0. The van der Waals surface area contributed by atoms with E-state index in [1.54, 1.807) is 0 Å². The number of nitrogens with two attached hydrogens (primary N) is 1. The van der Waals surface area contributed by atoms with Crippen molar-refractivity contribution in [1.82, 2.24) is 4.90 Å². The van der Waals surface area contributed by atoms with Gasteiger partial charge >= 0.3 is 0 Å². The summed E-state index contributed by atoms with van der Waals surface area (Å²) in [6, 6.07) is 15.3. The van der Waals surface area contributed by atoms with Gasteiger partial charge in [0, 0.05) is 37.3 Å². The van der Waals surface area contributed by atoms with Crippen molar-refractivity contribution in [2.45, 2.75) is 38.5 Å². The van der Waals surface area contributed by atoms with Gasteiger partial charge in [-0.05, 0) is 55.0 Å². The predicted molar refractivity (Wildman–Crippen MR) is 108 cm³/mol. The molecule has 2 amide bonds. The van der Waals surface area contributed by atoms with E-state index >= 15 is 0 Å². The number of likely N-dealkylation sites (tertiary alicyclic amines) is 1. The molecule has 27 heavy (non-hydrogen) atoms. The second kappa shape index (κ2) is 9.21. The molecule has 3 N–H and O–H groups in total. The fourth-order valence-corrected chi connectivity index (χ4v) is 3.36. The first kappa shape index (κ1) is 19.0. The molecule has 3 rings (SSSR count). The molecule has 0 aliphatic carbocycles. The third-order valence-corrected chi connectivity index (χ3v) is 5.00. The summed E-state index contributed by atoms with van der Waals surface area (Å²) in [5.74, 6) is 0.209. The Balaban J connectivity index is 1.43. The highest BCUT2D eigenvalue weighted by molar-refractivity contribution is 5.90. The average Bonchev–Trinajstić information content (AvgIpc) is 3.21. The van der Waals surface area contributed by atoms with Gasteiger partial charge in [-0.1, -0.05) is 30.3 Å². The van der Waals surface area contributed by atoms with Crippen molar-refractivity contribution in [2.75, 3.05) is 24.1 Å². The highest BCUT2D eigenvalue weighted by Gasteiger charge is 2.17. The van der Waals surface area contributed by atoms with E-state index in [9.17, 15) is 9.59 Å². The van der Waals surface area contributed by atoms with Crippen molar-refractivity contribution in [1.29, 1.82) is 0 Å². The molecule has 5 heteroatoms. The highest BCUT2D eigenvalue weighted by atomic mass is 16.2. The Morgan fingerprint density at radius 2 is 1.63 bits per heavy atom. The molecule has 2 aromatic carbocycles. The summed E-state index contributed by atoms with van der Waals surface area (Å²) in [6.07, 6.45) is 4.53. The molecule has 0 saturated carbocycles. The van der Waals surface area contributed by atoms with Crippen LogP contribution in [0.25, 0.3) is 0 Å². The SMILES string of the molecule is Nc1ccccc1CCC(=O)Nc1ccc(CCC(=O)N2CCCC2)cc1. The van der Waals surface area contributed by atoms with E-state index in [1.165, 1.54) is 0 Å². The van der Waals surface area contributed by atoms with Gasteiger partial charge in [-0.3, -0.25) is 9.59 Å². The lowest BCUT2D eigenvalue weighted by atomic mass is 10.1. The molecule has 0 bridgehead atoms. The topological polar surface area (TPSA) is 75.4 Å². The molecule has 1 aliphatic heterocycles. The van der Waals surface area contributed by atoms with Crippen molar-refractivity contribution in [3.05, 3.63) is 59.7 Å². The Labute approximate surface area is 160 Å². The van der Waals surface area contributed by atoms with Gasteiger partial charge in [0.25, 0.3) is 0 Å². The molecule has 0 aromatic heterocycles. The molecule has 1 aliphatic rings. The van der Waals surface area contributed by atoms with Crippen molar-refractivity contribution < 1.29 is 9.59 Å². The van der Waals surface area contributed by atoms with Crippen molar-refractivity contribution >= 4 is 23.2 Å². The minimum absolute atomic E-state index is 0.0322. The summed E-state index contributed by atoms with van der Waals surface area (Å²) in [4.78, 5) is 26.2. The number of hydrogen-bond donors (Lipinski definition) is 2. The van der Waals surface area contributed by atoms with E-state index in [-0.39, 0.29) is 11.8 Å². The number of aryl methyl sites for hydroxylation is 2. The molecular formula is C22H27N3O2. The Morgan fingerprint density at radius 1 is 0.926 bits per heavy atom. The number of carbonyl (C=O) groups excluding carboxylic acids is 2. The van der Waals surface area contributed by atoms with Gasteiger partial charge in [0.1, 0.15) is 0 Å². The molecule has 0 atom stereocenters. The largest absolute Gasteiger partial charge is 0.399 e. The Kier molecular flexibility index (Phi) is 6.47. The van der Waals surface area contributed by atoms with Crippen LogP contribution in [0.3, 0.4) is 0 Å². The lowest BCUT2D eigenvalue weighted by molar-refractivity contribution is -0.130. The van der Waals surface area contributed by atoms with Crippen LogP contribution in [0.1, 0.15) is 36.8 Å². The molecule has 0 radical (unpaired) electrons. The van der Waals surface area contributed by atoms with Crippen LogP contribution in [0.4, 0.5) is 11.4 Å². The number of nitrogens with zero attached hydrogens (tertiary/aromatic N) is 1. The maximum Gasteiger partial charge on any atom is 0.224 e. The molecular weight excluding hydrogens is 338 g/mol. The number of benzene rings is 2. The van der Waals surface area contributed by atoms with Crippen molar-refractivity contribution in [3.8, 4) is 0 Å². The van der Waals surface area contributed by atoms with Gasteiger partial charge in [0.15, 0.2) is 0 Å². The van der Waals surface area contributed by atoms with Crippen LogP contribution in [-0.2, 0) is 22.4 Å². The number of rotatable bonds is 7. The van der Waals surface area contributed by atoms with Crippen LogP contribution >= 0.6 is 0 Å². The van der Waals surface area contributed by atoms with Gasteiger partial charge in [0.2, 0.25) is 11.8 Å². The average molecular weight is 365 g/mol. The molecule has 5 nitrogen and oxygen atoms in total. The van der Waals surface area contributed by atoms with E-state index in [4.69, 9.17) is 5.73 Å². The molecule has 0 unspecified atom stereocenters. The lowest BCUT2D eigenvalue weighted by Crippen LogP contribution is -2.27. The number of nitrogens with one attached hydrogen (secondary N) is 1. The second-order valence-electron chi connectivity index (χ2n) is 7.03. The standard InChI is InChI=1S/C22H27N3O2/c23-20-6-2-1-5-18(20)10-13-21(26)24-19-11-7-17(8-12-19)9-14-22(27)25-15-3-4-16-25/h1-2,5-8,11-12H,3-4,9-10,13-16,23H2,(H,24,26). The number of para-hydroxylation sites is 1. The minimum Gasteiger partial charge on any atom is -0.399 e. The van der Waals surface area contributed by atoms with E-state index in [2.05, 4.69) is 5.32 Å². The molecule has 1 heterocycles. The monoisotopic (exact) mass is 365 g/mol. The third-order valence-electron chi connectivity index (χ3n) is 5.00. The molecule has 1 fully saturated rings. The van der Waals surface area contributed by atoms with Crippen LogP contribution in [0, 0.1) is 0 Å². The van der Waals surface area contributed by atoms with E-state index in [0.29, 0.717) is 19.3 Å². The number of nitrogen functional groups attached to an aromatic ring is 1.